The first-order chi connectivity index (χ1) is 25.6. The molecule has 2 aliphatic rings. The lowest BCUT2D eigenvalue weighted by Gasteiger charge is -2.28. The van der Waals surface area contributed by atoms with Crippen molar-refractivity contribution in [3.8, 4) is 33.8 Å². The highest BCUT2D eigenvalue weighted by molar-refractivity contribution is 5.83. The van der Waals surface area contributed by atoms with Crippen LogP contribution in [0.5, 0.6) is 11.5 Å². The van der Waals surface area contributed by atoms with Gasteiger partial charge in [-0.2, -0.15) is 0 Å². The first-order valence-electron chi connectivity index (χ1n) is 18.8. The number of aliphatic hydroxyl groups is 1. The van der Waals surface area contributed by atoms with Crippen LogP contribution in [-0.2, 0) is 44.9 Å². The summed E-state index contributed by atoms with van der Waals surface area (Å²) >= 11 is 0. The van der Waals surface area contributed by atoms with E-state index in [0.29, 0.717) is 28.9 Å². The summed E-state index contributed by atoms with van der Waals surface area (Å²) in [5, 5.41) is 29.6. The van der Waals surface area contributed by atoms with E-state index in [-0.39, 0.29) is 6.61 Å². The van der Waals surface area contributed by atoms with Gasteiger partial charge in [0.2, 0.25) is 0 Å². The monoisotopic (exact) mass is 738 g/mol. The van der Waals surface area contributed by atoms with Crippen LogP contribution in [0.4, 0.5) is 0 Å². The molecule has 4 aromatic rings. The summed E-state index contributed by atoms with van der Waals surface area (Å²) in [6.07, 6.45) is 2.53. The number of aliphatic hydroxyl groups excluding tert-OH is 1. The van der Waals surface area contributed by atoms with Crippen LogP contribution in [0.3, 0.4) is 0 Å². The van der Waals surface area contributed by atoms with Gasteiger partial charge in [-0.15, -0.1) is 0 Å². The maximum Gasteiger partial charge on any atom is 0.337 e. The first-order valence-corrected chi connectivity index (χ1v) is 18.8. The van der Waals surface area contributed by atoms with Gasteiger partial charge in [0.15, 0.2) is 12.2 Å². The summed E-state index contributed by atoms with van der Waals surface area (Å²) in [6.45, 7) is 14.5. The predicted octanol–water partition coefficient (Wildman–Crippen LogP) is 9.29. The number of ether oxygens (including phenoxy) is 4. The fourth-order valence-corrected chi connectivity index (χ4v) is 7.04. The smallest absolute Gasteiger partial charge is 0.337 e. The molecule has 288 valence electrons. The van der Waals surface area contributed by atoms with Gasteiger partial charge in [0.05, 0.1) is 31.0 Å². The van der Waals surface area contributed by atoms with Crippen molar-refractivity contribution in [2.24, 2.45) is 0 Å². The zero-order valence-corrected chi connectivity index (χ0v) is 32.5. The molecular weight excluding hydrogens is 684 g/mol. The molecule has 2 aliphatic heterocycles. The third-order valence-electron chi connectivity index (χ3n) is 9.27. The largest absolute Gasteiger partial charge is 0.493 e. The number of aliphatic carboxylic acids is 2. The molecule has 3 N–H and O–H groups in total. The maximum atomic E-state index is 12.0. The number of hydrogen-bond donors (Lipinski definition) is 3. The normalized spacial score (nSPS) is 15.0. The Balaban J connectivity index is 0.000000208. The molecule has 2 atom stereocenters. The molecule has 0 aromatic heterocycles. The van der Waals surface area contributed by atoms with Gasteiger partial charge in [0.1, 0.15) is 11.5 Å². The van der Waals surface area contributed by atoms with Crippen LogP contribution in [0, 0.1) is 0 Å². The second-order valence-electron chi connectivity index (χ2n) is 15.7. The van der Waals surface area contributed by atoms with E-state index in [9.17, 15) is 24.9 Å². The van der Waals surface area contributed by atoms with E-state index < -0.39 is 35.3 Å². The fourth-order valence-electron chi connectivity index (χ4n) is 7.04. The highest BCUT2D eigenvalue weighted by atomic mass is 16.5. The van der Waals surface area contributed by atoms with Crippen molar-refractivity contribution in [2.45, 2.75) is 111 Å². The summed E-state index contributed by atoms with van der Waals surface area (Å²) < 4.78 is 23.2. The van der Waals surface area contributed by atoms with Crippen LogP contribution in [-0.4, -0.2) is 51.7 Å². The maximum absolute atomic E-state index is 12.0. The average molecular weight is 739 g/mol. The van der Waals surface area contributed by atoms with Gasteiger partial charge >= 0.3 is 11.9 Å². The van der Waals surface area contributed by atoms with E-state index in [1.165, 1.54) is 5.56 Å². The van der Waals surface area contributed by atoms with E-state index in [2.05, 4.69) is 19.1 Å². The Hall–Kier alpha value is -4.70. The van der Waals surface area contributed by atoms with Crippen LogP contribution in [0.25, 0.3) is 22.3 Å². The molecule has 0 amide bonds. The van der Waals surface area contributed by atoms with Crippen molar-refractivity contribution >= 4 is 11.9 Å². The van der Waals surface area contributed by atoms with Gasteiger partial charge in [0, 0.05) is 11.1 Å². The Labute approximate surface area is 318 Å². The van der Waals surface area contributed by atoms with E-state index in [1.807, 2.05) is 90.1 Å². The molecule has 4 aromatic carbocycles. The average Bonchev–Trinajstić information content (AvgIpc) is 3.14. The van der Waals surface area contributed by atoms with Crippen LogP contribution >= 0.6 is 0 Å². The summed E-state index contributed by atoms with van der Waals surface area (Å²) in [5.74, 6) is -0.224. The highest BCUT2D eigenvalue weighted by Crippen LogP contribution is 2.40. The third kappa shape index (κ3) is 9.88. The summed E-state index contributed by atoms with van der Waals surface area (Å²) in [6, 6.07) is 23.2. The van der Waals surface area contributed by atoms with Crippen LogP contribution in [0.1, 0.15) is 107 Å². The second-order valence-corrected chi connectivity index (χ2v) is 15.7. The Morgan fingerprint density at radius 1 is 0.667 bits per heavy atom. The van der Waals surface area contributed by atoms with E-state index in [4.69, 9.17) is 18.9 Å². The van der Waals surface area contributed by atoms with E-state index >= 15 is 0 Å². The molecule has 2 unspecified atom stereocenters. The number of hydrogen-bond acceptors (Lipinski definition) is 7. The second kappa shape index (κ2) is 17.2. The SMILES string of the molecule is CC(C)(C)OC(C(=O)O)c1cccc(CO)c1-c1ccc2c(c1)CCCO2.CCc1cccc(C(OC(C)(C)C)C(=O)O)c1-c1ccc2c(c1)CCCO2. The number of rotatable bonds is 10. The third-order valence-corrected chi connectivity index (χ3v) is 9.27. The van der Waals surface area contributed by atoms with Crippen LogP contribution in [0.2, 0.25) is 0 Å². The van der Waals surface area contributed by atoms with E-state index in [0.717, 1.165) is 78.0 Å². The Morgan fingerprint density at radius 3 is 1.48 bits per heavy atom. The van der Waals surface area contributed by atoms with Crippen molar-refractivity contribution in [3.63, 3.8) is 0 Å². The molecule has 0 fully saturated rings. The van der Waals surface area contributed by atoms with Crippen molar-refractivity contribution in [1.82, 2.24) is 0 Å². The van der Waals surface area contributed by atoms with Crippen molar-refractivity contribution in [3.05, 3.63) is 106 Å². The molecule has 2 heterocycles. The molecular formula is C45H54O9. The van der Waals surface area contributed by atoms with Crippen molar-refractivity contribution in [1.29, 1.82) is 0 Å². The molecule has 9 nitrogen and oxygen atoms in total. The lowest BCUT2D eigenvalue weighted by atomic mass is 9.88. The standard InChI is InChI=1S/C23H28O4.C22H26O5/c1-5-15-8-6-10-18(21(22(24)25)27-23(2,3)4)20(15)17-11-12-19-16(14-17)9-7-13-26-19;1-22(2,3)27-20(21(24)25)17-8-4-6-16(13-23)19(17)15-9-10-18-14(12-15)7-5-11-26-18/h6,8,10-12,14,21H,5,7,9,13H2,1-4H3,(H,24,25);4,6,8-10,12,20,23H,5,7,11,13H2,1-3H3,(H,24,25). The number of aryl methyl sites for hydroxylation is 3. The summed E-state index contributed by atoms with van der Waals surface area (Å²) in [5.41, 5.74) is 7.69. The number of fused-ring (bicyclic) bond motifs is 2. The lowest BCUT2D eigenvalue weighted by molar-refractivity contribution is -0.161. The molecule has 0 aliphatic carbocycles. The molecule has 0 saturated heterocycles. The zero-order valence-electron chi connectivity index (χ0n) is 32.5. The summed E-state index contributed by atoms with van der Waals surface area (Å²) in [4.78, 5) is 24.0. The minimum Gasteiger partial charge on any atom is -0.493 e. The minimum absolute atomic E-state index is 0.182. The van der Waals surface area contributed by atoms with Crippen molar-refractivity contribution in [2.75, 3.05) is 13.2 Å². The van der Waals surface area contributed by atoms with E-state index in [1.54, 1.807) is 12.1 Å². The van der Waals surface area contributed by atoms with Crippen LogP contribution < -0.4 is 9.47 Å². The molecule has 0 spiro atoms. The zero-order chi connectivity index (χ0) is 39.2. The topological polar surface area (TPSA) is 132 Å². The molecule has 0 saturated carbocycles. The van der Waals surface area contributed by atoms with Gasteiger partial charge in [-0.3, -0.25) is 0 Å². The van der Waals surface area contributed by atoms with Gasteiger partial charge in [-0.25, -0.2) is 9.59 Å². The molecule has 0 bridgehead atoms. The number of benzene rings is 4. The predicted molar refractivity (Wildman–Crippen MR) is 209 cm³/mol. The van der Waals surface area contributed by atoms with Crippen molar-refractivity contribution < 1.29 is 43.9 Å². The van der Waals surface area contributed by atoms with Gasteiger partial charge in [-0.1, -0.05) is 55.5 Å². The molecule has 0 radical (unpaired) electrons. The molecule has 54 heavy (non-hydrogen) atoms. The lowest BCUT2D eigenvalue weighted by Crippen LogP contribution is -2.27. The van der Waals surface area contributed by atoms with Gasteiger partial charge < -0.3 is 34.3 Å². The summed E-state index contributed by atoms with van der Waals surface area (Å²) in [7, 11) is 0. The number of carboxylic acids is 2. The molecule has 9 heteroatoms. The van der Waals surface area contributed by atoms with Gasteiger partial charge in [0.25, 0.3) is 0 Å². The fraction of sp³-hybridized carbons (Fsp3) is 0.422. The minimum atomic E-state index is -1.13. The quantitative estimate of drug-likeness (QED) is 0.146. The van der Waals surface area contributed by atoms with Crippen LogP contribution in [0.15, 0.2) is 72.8 Å². The Kier molecular flexibility index (Phi) is 12.9. The number of carboxylic acid groups (broad SMARTS) is 2. The first kappa shape index (κ1) is 40.5. The molecule has 6 rings (SSSR count). The van der Waals surface area contributed by atoms with Gasteiger partial charge in [-0.05, 0) is 142 Å². The highest BCUT2D eigenvalue weighted by Gasteiger charge is 2.31. The Bertz CT molecular complexity index is 1810. The number of carbonyl (C=O) groups is 2. The Morgan fingerprint density at radius 2 is 1.09 bits per heavy atom.